The fourth-order valence-electron chi connectivity index (χ4n) is 2.17. The van der Waals surface area contributed by atoms with E-state index in [1.807, 2.05) is 34.8 Å². The van der Waals surface area contributed by atoms with Gasteiger partial charge in [0.2, 0.25) is 0 Å². The van der Waals surface area contributed by atoms with Crippen molar-refractivity contribution in [3.05, 3.63) is 18.6 Å². The van der Waals surface area contributed by atoms with Crippen LogP contribution in [0, 0.1) is 0 Å². The smallest absolute Gasteiger partial charge is 0.180 e. The Balaban J connectivity index is 2.03. The van der Waals surface area contributed by atoms with Crippen LogP contribution in [0.1, 0.15) is 6.92 Å². The number of aromatic nitrogens is 3. The van der Waals surface area contributed by atoms with Crippen LogP contribution in [0.25, 0.3) is 5.65 Å². The first-order valence-electron chi connectivity index (χ1n) is 6.29. The number of hydrogen-bond acceptors (Lipinski definition) is 5. The van der Waals surface area contributed by atoms with Crippen molar-refractivity contribution >= 4 is 29.0 Å². The van der Waals surface area contributed by atoms with Crippen LogP contribution >= 0.6 is 11.8 Å². The lowest BCUT2D eigenvalue weighted by atomic mass is 10.4. The molecular formula is C12H17N5S. The highest BCUT2D eigenvalue weighted by Crippen LogP contribution is 2.23. The first kappa shape index (κ1) is 11.6. The fraction of sp³-hybridized carbons (Fsp3) is 0.500. The first-order valence-corrected chi connectivity index (χ1v) is 7.44. The highest BCUT2D eigenvalue weighted by Gasteiger charge is 2.17. The molecule has 1 aliphatic heterocycles. The molecule has 3 rings (SSSR count). The van der Waals surface area contributed by atoms with Gasteiger partial charge in [0.05, 0.1) is 6.20 Å². The molecule has 1 fully saturated rings. The van der Waals surface area contributed by atoms with Gasteiger partial charge < -0.3 is 14.6 Å². The number of anilines is 2. The molecule has 1 saturated heterocycles. The predicted octanol–water partition coefficient (Wildman–Crippen LogP) is 1.71. The minimum atomic E-state index is 0.877. The van der Waals surface area contributed by atoms with E-state index in [0.717, 1.165) is 36.9 Å². The van der Waals surface area contributed by atoms with Gasteiger partial charge in [-0.3, -0.25) is 0 Å². The standard InChI is InChI=1S/C12H17N5S/c1-2-13-10-9-17-4-3-14-11(17)12(15-10)16-5-7-18-8-6-16/h3-4,9,13H,2,5-8H2,1H3. The van der Waals surface area contributed by atoms with Crippen LogP contribution in [-0.2, 0) is 0 Å². The lowest BCUT2D eigenvalue weighted by molar-refractivity contribution is 0.836. The van der Waals surface area contributed by atoms with E-state index >= 15 is 0 Å². The summed E-state index contributed by atoms with van der Waals surface area (Å²) >= 11 is 2.00. The summed E-state index contributed by atoms with van der Waals surface area (Å²) in [6.07, 6.45) is 5.79. The van der Waals surface area contributed by atoms with Crippen molar-refractivity contribution in [3.63, 3.8) is 0 Å². The number of nitrogens with one attached hydrogen (secondary N) is 1. The van der Waals surface area contributed by atoms with Gasteiger partial charge in [-0.15, -0.1) is 0 Å². The normalized spacial score (nSPS) is 16.2. The van der Waals surface area contributed by atoms with Gasteiger partial charge in [0.25, 0.3) is 0 Å². The predicted molar refractivity (Wildman–Crippen MR) is 76.7 cm³/mol. The van der Waals surface area contributed by atoms with Crippen LogP contribution in [-0.4, -0.2) is 45.5 Å². The van der Waals surface area contributed by atoms with Crippen molar-refractivity contribution in [1.29, 1.82) is 0 Å². The monoisotopic (exact) mass is 263 g/mol. The molecule has 0 saturated carbocycles. The molecule has 0 unspecified atom stereocenters. The van der Waals surface area contributed by atoms with Gasteiger partial charge in [0, 0.05) is 43.5 Å². The van der Waals surface area contributed by atoms with Gasteiger partial charge in [-0.25, -0.2) is 9.97 Å². The van der Waals surface area contributed by atoms with Crippen molar-refractivity contribution in [2.75, 3.05) is 41.4 Å². The maximum Gasteiger partial charge on any atom is 0.180 e. The molecule has 0 aliphatic carbocycles. The SMILES string of the molecule is CCNc1cn2ccnc2c(N2CCSCC2)n1. The molecule has 5 nitrogen and oxygen atoms in total. The third kappa shape index (κ3) is 2.12. The molecule has 0 amide bonds. The molecule has 0 bridgehead atoms. The van der Waals surface area contributed by atoms with Crippen molar-refractivity contribution in [2.24, 2.45) is 0 Å². The van der Waals surface area contributed by atoms with Crippen LogP contribution in [0.15, 0.2) is 18.6 Å². The molecule has 0 aromatic carbocycles. The average molecular weight is 263 g/mol. The Morgan fingerprint density at radius 3 is 3.00 bits per heavy atom. The summed E-state index contributed by atoms with van der Waals surface area (Å²) in [5.41, 5.74) is 0.948. The average Bonchev–Trinajstić information content (AvgIpc) is 2.87. The molecule has 1 N–H and O–H groups in total. The Labute approximate surface area is 111 Å². The fourth-order valence-corrected chi connectivity index (χ4v) is 3.07. The van der Waals surface area contributed by atoms with E-state index in [-0.39, 0.29) is 0 Å². The summed E-state index contributed by atoms with van der Waals surface area (Å²) < 4.78 is 2.04. The molecule has 3 heterocycles. The Morgan fingerprint density at radius 1 is 1.39 bits per heavy atom. The van der Waals surface area contributed by atoms with Crippen molar-refractivity contribution in [2.45, 2.75) is 6.92 Å². The minimum absolute atomic E-state index is 0.877. The van der Waals surface area contributed by atoms with Gasteiger partial charge in [0.1, 0.15) is 5.82 Å². The van der Waals surface area contributed by atoms with Gasteiger partial charge in [-0.1, -0.05) is 0 Å². The van der Waals surface area contributed by atoms with Crippen LogP contribution in [0.2, 0.25) is 0 Å². The largest absolute Gasteiger partial charge is 0.369 e. The van der Waals surface area contributed by atoms with Gasteiger partial charge in [-0.05, 0) is 6.92 Å². The summed E-state index contributed by atoms with van der Waals surface area (Å²) in [6, 6.07) is 0. The summed E-state index contributed by atoms with van der Waals surface area (Å²) in [4.78, 5) is 11.5. The molecule has 2 aromatic heterocycles. The van der Waals surface area contributed by atoms with Crippen molar-refractivity contribution in [3.8, 4) is 0 Å². The summed E-state index contributed by atoms with van der Waals surface area (Å²) in [7, 11) is 0. The van der Waals surface area contributed by atoms with E-state index in [9.17, 15) is 0 Å². The third-order valence-corrected chi connectivity index (χ3v) is 3.97. The van der Waals surface area contributed by atoms with E-state index in [4.69, 9.17) is 4.98 Å². The maximum atomic E-state index is 4.71. The third-order valence-electron chi connectivity index (χ3n) is 3.02. The van der Waals surface area contributed by atoms with E-state index in [1.54, 1.807) is 0 Å². The number of imidazole rings is 1. The van der Waals surface area contributed by atoms with Gasteiger partial charge in [-0.2, -0.15) is 11.8 Å². The summed E-state index contributed by atoms with van der Waals surface area (Å²) in [5.74, 6) is 4.25. The van der Waals surface area contributed by atoms with E-state index < -0.39 is 0 Å². The Kier molecular flexibility index (Phi) is 3.27. The highest BCUT2D eigenvalue weighted by atomic mass is 32.2. The van der Waals surface area contributed by atoms with Crippen molar-refractivity contribution < 1.29 is 0 Å². The molecule has 6 heteroatoms. The number of fused-ring (bicyclic) bond motifs is 1. The molecule has 0 radical (unpaired) electrons. The van der Waals surface area contributed by atoms with Gasteiger partial charge in [0.15, 0.2) is 11.5 Å². The van der Waals surface area contributed by atoms with Crippen molar-refractivity contribution in [1.82, 2.24) is 14.4 Å². The summed E-state index contributed by atoms with van der Waals surface area (Å²) in [6.45, 7) is 5.06. The van der Waals surface area contributed by atoms with E-state index in [1.165, 1.54) is 11.5 Å². The first-order chi connectivity index (χ1) is 8.88. The van der Waals surface area contributed by atoms with E-state index in [2.05, 4.69) is 22.1 Å². The minimum Gasteiger partial charge on any atom is -0.369 e. The number of rotatable bonds is 3. The zero-order valence-corrected chi connectivity index (χ0v) is 11.3. The van der Waals surface area contributed by atoms with E-state index in [0.29, 0.717) is 0 Å². The molecule has 2 aromatic rings. The lowest BCUT2D eigenvalue weighted by Gasteiger charge is -2.27. The molecular weight excluding hydrogens is 246 g/mol. The van der Waals surface area contributed by atoms with Crippen LogP contribution in [0.5, 0.6) is 0 Å². The summed E-state index contributed by atoms with van der Waals surface area (Å²) in [5, 5.41) is 3.28. The molecule has 18 heavy (non-hydrogen) atoms. The Hall–Kier alpha value is -1.43. The van der Waals surface area contributed by atoms with Crippen LogP contribution in [0.3, 0.4) is 0 Å². The van der Waals surface area contributed by atoms with Crippen LogP contribution < -0.4 is 10.2 Å². The molecule has 96 valence electrons. The maximum absolute atomic E-state index is 4.71. The second kappa shape index (κ2) is 5.06. The zero-order chi connectivity index (χ0) is 12.4. The number of thioether (sulfide) groups is 1. The number of hydrogen-bond donors (Lipinski definition) is 1. The van der Waals surface area contributed by atoms with Crippen LogP contribution in [0.4, 0.5) is 11.6 Å². The molecule has 1 aliphatic rings. The molecule has 0 atom stereocenters. The highest BCUT2D eigenvalue weighted by molar-refractivity contribution is 7.99. The lowest BCUT2D eigenvalue weighted by Crippen LogP contribution is -2.33. The zero-order valence-electron chi connectivity index (χ0n) is 10.5. The number of nitrogens with zero attached hydrogens (tertiary/aromatic N) is 4. The quantitative estimate of drug-likeness (QED) is 0.913. The second-order valence-corrected chi connectivity index (χ2v) is 5.46. The Bertz CT molecular complexity index is 532. The topological polar surface area (TPSA) is 45.5 Å². The molecule has 0 spiro atoms. The van der Waals surface area contributed by atoms with Gasteiger partial charge >= 0.3 is 0 Å². The Morgan fingerprint density at radius 2 is 2.22 bits per heavy atom. The second-order valence-electron chi connectivity index (χ2n) is 4.24.